The van der Waals surface area contributed by atoms with Crippen LogP contribution in [0, 0.1) is 0 Å². The lowest BCUT2D eigenvalue weighted by Crippen LogP contribution is -2.17. The molecule has 6 nitrogen and oxygen atoms in total. The van der Waals surface area contributed by atoms with Gasteiger partial charge in [0.1, 0.15) is 11.6 Å². The van der Waals surface area contributed by atoms with Crippen molar-refractivity contribution in [1.82, 2.24) is 9.97 Å². The Labute approximate surface area is 166 Å². The van der Waals surface area contributed by atoms with Gasteiger partial charge in [-0.05, 0) is 30.7 Å². The first kappa shape index (κ1) is 17.4. The van der Waals surface area contributed by atoms with E-state index in [4.69, 9.17) is 4.74 Å². The van der Waals surface area contributed by atoms with E-state index in [2.05, 4.69) is 15.3 Å². The van der Waals surface area contributed by atoms with Crippen LogP contribution < -0.4 is 10.9 Å². The van der Waals surface area contributed by atoms with Gasteiger partial charge in [-0.25, -0.2) is 0 Å². The number of para-hydroxylation sites is 1. The monoisotopic (exact) mass is 385 g/mol. The number of pyridine rings is 2. The summed E-state index contributed by atoms with van der Waals surface area (Å²) < 4.78 is 5.24. The van der Waals surface area contributed by atoms with Crippen LogP contribution in [0.5, 0.6) is 0 Å². The highest BCUT2D eigenvalue weighted by molar-refractivity contribution is 6.00. The van der Waals surface area contributed by atoms with E-state index in [9.17, 15) is 9.59 Å². The third kappa shape index (κ3) is 2.76. The average molecular weight is 385 g/mol. The predicted octanol–water partition coefficient (Wildman–Crippen LogP) is 3.82. The maximum Gasteiger partial charge on any atom is 0.315 e. The third-order valence-corrected chi connectivity index (χ3v) is 5.40. The number of anilines is 1. The van der Waals surface area contributed by atoms with Crippen LogP contribution in [0.25, 0.3) is 32.9 Å². The molecular weight excluding hydrogens is 366 g/mol. The summed E-state index contributed by atoms with van der Waals surface area (Å²) >= 11 is 0. The van der Waals surface area contributed by atoms with Gasteiger partial charge in [0.05, 0.1) is 12.1 Å². The second-order valence-corrected chi connectivity index (χ2v) is 7.07. The number of nitrogens with zero attached hydrogens (tertiary/aromatic N) is 1. The summed E-state index contributed by atoms with van der Waals surface area (Å²) in [5, 5.41) is 4.98. The van der Waals surface area contributed by atoms with Crippen molar-refractivity contribution in [2.75, 3.05) is 18.5 Å². The van der Waals surface area contributed by atoms with Gasteiger partial charge in [-0.15, -0.1) is 0 Å². The van der Waals surface area contributed by atoms with Gasteiger partial charge >= 0.3 is 5.97 Å². The van der Waals surface area contributed by atoms with Crippen LogP contribution in [-0.4, -0.2) is 29.1 Å². The molecule has 1 atom stereocenters. The lowest BCUT2D eigenvalue weighted by molar-refractivity contribution is -0.144. The van der Waals surface area contributed by atoms with Crippen LogP contribution in [0.2, 0.25) is 0 Å². The molecule has 0 fully saturated rings. The van der Waals surface area contributed by atoms with Crippen molar-refractivity contribution in [3.63, 3.8) is 0 Å². The molecule has 1 aliphatic heterocycles. The Morgan fingerprint density at radius 2 is 2.07 bits per heavy atom. The minimum atomic E-state index is -0.504. The minimum absolute atomic E-state index is 0.223. The lowest BCUT2D eigenvalue weighted by atomic mass is 9.94. The van der Waals surface area contributed by atoms with E-state index in [1.54, 1.807) is 13.1 Å². The first-order chi connectivity index (χ1) is 14.2. The Balaban J connectivity index is 1.75. The van der Waals surface area contributed by atoms with Gasteiger partial charge in [0, 0.05) is 40.2 Å². The summed E-state index contributed by atoms with van der Waals surface area (Å²) in [6, 6.07) is 15.9. The SMILES string of the molecule is CCOC(=O)C1CNc2c1c1cc(-c3cccc4cccnc34)ccc1[nH]c2=O. The number of carbonyl (C=O) groups is 1. The van der Waals surface area contributed by atoms with E-state index in [1.807, 2.05) is 48.5 Å². The highest BCUT2D eigenvalue weighted by Crippen LogP contribution is 2.37. The Bertz CT molecular complexity index is 1320. The molecule has 1 unspecified atom stereocenters. The molecule has 6 heteroatoms. The van der Waals surface area contributed by atoms with Gasteiger partial charge in [0.2, 0.25) is 0 Å². The fraction of sp³-hybridized carbons (Fsp3) is 0.174. The van der Waals surface area contributed by atoms with Crippen molar-refractivity contribution in [2.45, 2.75) is 12.8 Å². The molecule has 0 bridgehead atoms. The molecule has 0 amide bonds. The molecule has 2 N–H and O–H groups in total. The number of aromatic nitrogens is 2. The molecule has 0 aliphatic carbocycles. The number of hydrogen-bond acceptors (Lipinski definition) is 5. The maximum absolute atomic E-state index is 12.5. The Hall–Kier alpha value is -3.67. The van der Waals surface area contributed by atoms with Crippen LogP contribution in [0.1, 0.15) is 18.4 Å². The molecule has 2 aromatic heterocycles. The molecule has 0 saturated heterocycles. The van der Waals surface area contributed by atoms with Gasteiger partial charge in [0.15, 0.2) is 0 Å². The van der Waals surface area contributed by atoms with Crippen LogP contribution >= 0.6 is 0 Å². The molecule has 2 aromatic carbocycles. The smallest absolute Gasteiger partial charge is 0.315 e. The summed E-state index contributed by atoms with van der Waals surface area (Å²) in [4.78, 5) is 32.5. The Morgan fingerprint density at radius 1 is 1.21 bits per heavy atom. The van der Waals surface area contributed by atoms with Crippen LogP contribution in [0.4, 0.5) is 5.69 Å². The maximum atomic E-state index is 12.5. The molecular formula is C23H19N3O3. The summed E-state index contributed by atoms with van der Waals surface area (Å²) in [6.45, 7) is 2.44. The lowest BCUT2D eigenvalue weighted by Gasteiger charge is -2.13. The fourth-order valence-corrected chi connectivity index (χ4v) is 4.11. The number of carbonyl (C=O) groups excluding carboxylic acids is 1. The van der Waals surface area contributed by atoms with Crippen molar-refractivity contribution in [1.29, 1.82) is 0 Å². The molecule has 4 aromatic rings. The molecule has 3 heterocycles. The Kier molecular flexibility index (Phi) is 4.05. The molecule has 29 heavy (non-hydrogen) atoms. The second-order valence-electron chi connectivity index (χ2n) is 7.07. The van der Waals surface area contributed by atoms with Crippen molar-refractivity contribution in [2.24, 2.45) is 0 Å². The van der Waals surface area contributed by atoms with Crippen LogP contribution in [-0.2, 0) is 9.53 Å². The molecule has 144 valence electrons. The Morgan fingerprint density at radius 3 is 2.93 bits per heavy atom. The summed E-state index contributed by atoms with van der Waals surface area (Å²) in [7, 11) is 0. The average Bonchev–Trinajstić information content (AvgIpc) is 3.20. The highest BCUT2D eigenvalue weighted by atomic mass is 16.5. The zero-order valence-corrected chi connectivity index (χ0v) is 15.9. The second kappa shape index (κ2) is 6.74. The van der Waals surface area contributed by atoms with E-state index < -0.39 is 5.92 Å². The van der Waals surface area contributed by atoms with Gasteiger partial charge in [-0.3, -0.25) is 14.6 Å². The fourth-order valence-electron chi connectivity index (χ4n) is 4.11. The van der Waals surface area contributed by atoms with Gasteiger partial charge in [-0.1, -0.05) is 30.3 Å². The van der Waals surface area contributed by atoms with E-state index in [-0.39, 0.29) is 11.5 Å². The molecule has 0 spiro atoms. The van der Waals surface area contributed by atoms with Gasteiger partial charge in [-0.2, -0.15) is 0 Å². The number of rotatable bonds is 3. The number of nitrogens with one attached hydrogen (secondary N) is 2. The predicted molar refractivity (Wildman–Crippen MR) is 113 cm³/mol. The first-order valence-corrected chi connectivity index (χ1v) is 9.62. The van der Waals surface area contributed by atoms with Crippen LogP contribution in [0.3, 0.4) is 0 Å². The normalized spacial score (nSPS) is 15.3. The summed E-state index contributed by atoms with van der Waals surface area (Å²) in [5.41, 5.74) is 4.52. The van der Waals surface area contributed by atoms with Gasteiger partial charge in [0.25, 0.3) is 5.56 Å². The van der Waals surface area contributed by atoms with E-state index in [0.717, 1.165) is 27.4 Å². The van der Waals surface area contributed by atoms with Crippen LogP contribution in [0.15, 0.2) is 59.5 Å². The van der Waals surface area contributed by atoms with E-state index in [1.165, 1.54) is 0 Å². The quantitative estimate of drug-likeness (QED) is 0.524. The summed E-state index contributed by atoms with van der Waals surface area (Å²) in [5.74, 6) is -0.821. The van der Waals surface area contributed by atoms with Crippen molar-refractivity contribution in [3.8, 4) is 11.1 Å². The third-order valence-electron chi connectivity index (χ3n) is 5.40. The van der Waals surface area contributed by atoms with E-state index in [0.29, 0.717) is 29.9 Å². The van der Waals surface area contributed by atoms with Gasteiger partial charge < -0.3 is 15.0 Å². The highest BCUT2D eigenvalue weighted by Gasteiger charge is 2.33. The van der Waals surface area contributed by atoms with Crippen molar-refractivity contribution in [3.05, 3.63) is 70.6 Å². The number of hydrogen-bond donors (Lipinski definition) is 2. The number of esters is 1. The van der Waals surface area contributed by atoms with E-state index >= 15 is 0 Å². The number of H-pyrrole nitrogens is 1. The molecule has 1 aliphatic rings. The number of benzene rings is 2. The van der Waals surface area contributed by atoms with Crippen molar-refractivity contribution < 1.29 is 9.53 Å². The zero-order chi connectivity index (χ0) is 20.0. The standard InChI is InChI=1S/C23H19N3O3/c1-2-29-23(28)17-12-25-21-19(17)16-11-14(8-9-18(16)26-22(21)27)15-7-3-5-13-6-4-10-24-20(13)15/h3-11,17,25H,2,12H2,1H3,(H,26,27). The number of ether oxygens (including phenoxy) is 1. The zero-order valence-electron chi connectivity index (χ0n) is 15.9. The first-order valence-electron chi connectivity index (χ1n) is 9.62. The van der Waals surface area contributed by atoms with Crippen molar-refractivity contribution >= 4 is 33.5 Å². The molecule has 0 radical (unpaired) electrons. The number of fused-ring (bicyclic) bond motifs is 4. The minimum Gasteiger partial charge on any atom is -0.465 e. The number of aromatic amines is 1. The largest absolute Gasteiger partial charge is 0.465 e. The molecule has 5 rings (SSSR count). The molecule has 0 saturated carbocycles. The topological polar surface area (TPSA) is 84.1 Å². The summed E-state index contributed by atoms with van der Waals surface area (Å²) in [6.07, 6.45) is 1.78.